The summed E-state index contributed by atoms with van der Waals surface area (Å²) in [6.45, 7) is 8.14. The fraction of sp³-hybridized carbons (Fsp3) is 0.429. The van der Waals surface area contributed by atoms with Crippen molar-refractivity contribution in [3.05, 3.63) is 35.2 Å². The molecule has 0 aliphatic heterocycles. The highest BCUT2D eigenvalue weighted by Gasteiger charge is 2.09. The molecule has 1 aromatic carbocycles. The lowest BCUT2D eigenvalue weighted by Crippen LogP contribution is -2.11. The Hall–Kier alpha value is -1.33. The topological polar surface area (TPSA) is 42.7 Å². The monoisotopic (exact) mass is 276 g/mol. The van der Waals surface area contributed by atoms with Crippen LogP contribution >= 0.6 is 11.8 Å². The van der Waals surface area contributed by atoms with Crippen LogP contribution in [-0.2, 0) is 13.6 Å². The van der Waals surface area contributed by atoms with E-state index in [1.54, 1.807) is 11.8 Å². The SMILES string of the molecule is CCNCc1ccc(Sc2nnc(C)n2C)c(C)c1. The van der Waals surface area contributed by atoms with Gasteiger partial charge in [0.2, 0.25) is 0 Å². The molecule has 0 fully saturated rings. The van der Waals surface area contributed by atoms with Gasteiger partial charge in [-0.25, -0.2) is 0 Å². The molecule has 0 atom stereocenters. The summed E-state index contributed by atoms with van der Waals surface area (Å²) in [7, 11) is 1.99. The summed E-state index contributed by atoms with van der Waals surface area (Å²) in [4.78, 5) is 1.23. The molecular weight excluding hydrogens is 256 g/mol. The van der Waals surface area contributed by atoms with E-state index in [4.69, 9.17) is 0 Å². The maximum absolute atomic E-state index is 4.19. The van der Waals surface area contributed by atoms with E-state index in [2.05, 4.69) is 47.6 Å². The highest BCUT2D eigenvalue weighted by Crippen LogP contribution is 2.29. The van der Waals surface area contributed by atoms with E-state index >= 15 is 0 Å². The van der Waals surface area contributed by atoms with Crippen molar-refractivity contribution >= 4 is 11.8 Å². The van der Waals surface area contributed by atoms with Gasteiger partial charge in [0.05, 0.1) is 0 Å². The number of hydrogen-bond donors (Lipinski definition) is 1. The molecule has 5 heteroatoms. The second kappa shape index (κ2) is 6.21. The van der Waals surface area contributed by atoms with Gasteiger partial charge in [-0.05, 0) is 49.3 Å². The molecule has 19 heavy (non-hydrogen) atoms. The largest absolute Gasteiger partial charge is 0.313 e. The van der Waals surface area contributed by atoms with E-state index < -0.39 is 0 Å². The zero-order valence-corrected chi connectivity index (χ0v) is 12.7. The number of hydrogen-bond acceptors (Lipinski definition) is 4. The standard InChI is InChI=1S/C14H20N4S/c1-5-15-9-12-6-7-13(10(2)8-12)19-14-17-16-11(3)18(14)4/h6-8,15H,5,9H2,1-4H3. The molecule has 0 radical (unpaired) electrons. The van der Waals surface area contributed by atoms with Gasteiger partial charge in [0.15, 0.2) is 5.16 Å². The smallest absolute Gasteiger partial charge is 0.195 e. The van der Waals surface area contributed by atoms with Gasteiger partial charge in [0.1, 0.15) is 5.82 Å². The Kier molecular flexibility index (Phi) is 4.61. The van der Waals surface area contributed by atoms with Gasteiger partial charge < -0.3 is 9.88 Å². The second-order valence-corrected chi connectivity index (χ2v) is 5.58. The Balaban J connectivity index is 2.15. The third-order valence-corrected chi connectivity index (χ3v) is 4.29. The minimum Gasteiger partial charge on any atom is -0.313 e. The summed E-state index contributed by atoms with van der Waals surface area (Å²) in [6, 6.07) is 6.56. The highest BCUT2D eigenvalue weighted by atomic mass is 32.2. The molecule has 2 aromatic rings. The lowest BCUT2D eigenvalue weighted by Gasteiger charge is -2.08. The van der Waals surface area contributed by atoms with Crippen molar-refractivity contribution in [1.29, 1.82) is 0 Å². The van der Waals surface area contributed by atoms with Crippen LogP contribution in [0.5, 0.6) is 0 Å². The Morgan fingerprint density at radius 3 is 2.63 bits per heavy atom. The Morgan fingerprint density at radius 1 is 1.26 bits per heavy atom. The normalized spacial score (nSPS) is 10.9. The van der Waals surface area contributed by atoms with Crippen molar-refractivity contribution in [3.8, 4) is 0 Å². The van der Waals surface area contributed by atoms with Crippen molar-refractivity contribution in [2.45, 2.75) is 37.4 Å². The zero-order chi connectivity index (χ0) is 13.8. The highest BCUT2D eigenvalue weighted by molar-refractivity contribution is 7.99. The molecule has 1 aromatic heterocycles. The first-order valence-corrected chi connectivity index (χ1v) is 7.27. The molecular formula is C14H20N4S. The molecule has 4 nitrogen and oxygen atoms in total. The lowest BCUT2D eigenvalue weighted by atomic mass is 10.1. The average molecular weight is 276 g/mol. The van der Waals surface area contributed by atoms with Crippen LogP contribution in [0.25, 0.3) is 0 Å². The second-order valence-electron chi connectivity index (χ2n) is 4.57. The summed E-state index contributed by atoms with van der Waals surface area (Å²) in [5.74, 6) is 0.934. The molecule has 1 N–H and O–H groups in total. The van der Waals surface area contributed by atoms with Gasteiger partial charge in [0, 0.05) is 18.5 Å². The van der Waals surface area contributed by atoms with Crippen molar-refractivity contribution in [2.75, 3.05) is 6.54 Å². The Bertz CT molecular complexity index is 563. The fourth-order valence-electron chi connectivity index (χ4n) is 1.78. The van der Waals surface area contributed by atoms with Gasteiger partial charge in [-0.3, -0.25) is 0 Å². The maximum atomic E-state index is 4.19. The van der Waals surface area contributed by atoms with Crippen LogP contribution in [0, 0.1) is 13.8 Å². The Morgan fingerprint density at radius 2 is 2.05 bits per heavy atom. The number of aromatic nitrogens is 3. The summed E-state index contributed by atoms with van der Waals surface area (Å²) in [5.41, 5.74) is 2.60. The minimum atomic E-state index is 0.922. The number of nitrogens with one attached hydrogen (secondary N) is 1. The maximum Gasteiger partial charge on any atom is 0.195 e. The average Bonchev–Trinajstić information content (AvgIpc) is 2.71. The number of rotatable bonds is 5. The van der Waals surface area contributed by atoms with Crippen molar-refractivity contribution in [1.82, 2.24) is 20.1 Å². The first kappa shape index (κ1) is 14.1. The molecule has 1 heterocycles. The van der Waals surface area contributed by atoms with Crippen LogP contribution in [0.4, 0.5) is 0 Å². The van der Waals surface area contributed by atoms with Crippen molar-refractivity contribution < 1.29 is 0 Å². The van der Waals surface area contributed by atoms with Gasteiger partial charge in [-0.15, -0.1) is 10.2 Å². The van der Waals surface area contributed by atoms with Crippen LogP contribution in [-0.4, -0.2) is 21.3 Å². The van der Waals surface area contributed by atoms with Crippen molar-refractivity contribution in [3.63, 3.8) is 0 Å². The first-order chi connectivity index (χ1) is 9.11. The molecule has 2 rings (SSSR count). The molecule has 0 aliphatic carbocycles. The quantitative estimate of drug-likeness (QED) is 0.912. The third-order valence-electron chi connectivity index (χ3n) is 3.07. The van der Waals surface area contributed by atoms with Crippen molar-refractivity contribution in [2.24, 2.45) is 7.05 Å². The van der Waals surface area contributed by atoms with Gasteiger partial charge in [-0.1, -0.05) is 19.1 Å². The number of nitrogens with zero attached hydrogens (tertiary/aromatic N) is 3. The van der Waals surface area contributed by atoms with Crippen LogP contribution in [0.2, 0.25) is 0 Å². The minimum absolute atomic E-state index is 0.922. The molecule has 0 spiro atoms. The molecule has 0 saturated carbocycles. The molecule has 0 saturated heterocycles. The van der Waals surface area contributed by atoms with E-state index in [1.807, 2.05) is 18.5 Å². The van der Waals surface area contributed by atoms with Gasteiger partial charge >= 0.3 is 0 Å². The predicted octanol–water partition coefficient (Wildman–Crippen LogP) is 2.69. The molecule has 102 valence electrons. The summed E-state index contributed by atoms with van der Waals surface area (Å²) in [6.07, 6.45) is 0. The number of benzene rings is 1. The van der Waals surface area contributed by atoms with Crippen LogP contribution in [0.3, 0.4) is 0 Å². The number of aryl methyl sites for hydroxylation is 2. The molecule has 0 aliphatic rings. The summed E-state index contributed by atoms with van der Waals surface area (Å²) < 4.78 is 2.01. The van der Waals surface area contributed by atoms with Gasteiger partial charge in [-0.2, -0.15) is 0 Å². The third kappa shape index (κ3) is 3.36. The molecule has 0 unspecified atom stereocenters. The van der Waals surface area contributed by atoms with Gasteiger partial charge in [0.25, 0.3) is 0 Å². The van der Waals surface area contributed by atoms with E-state index in [-0.39, 0.29) is 0 Å². The van der Waals surface area contributed by atoms with Crippen LogP contribution < -0.4 is 5.32 Å². The van der Waals surface area contributed by atoms with E-state index in [0.717, 1.165) is 24.1 Å². The summed E-state index contributed by atoms with van der Waals surface area (Å²) >= 11 is 1.66. The molecule has 0 amide bonds. The lowest BCUT2D eigenvalue weighted by molar-refractivity contribution is 0.725. The fourth-order valence-corrected chi connectivity index (χ4v) is 2.68. The van der Waals surface area contributed by atoms with E-state index in [0.29, 0.717) is 0 Å². The van der Waals surface area contributed by atoms with E-state index in [9.17, 15) is 0 Å². The Labute approximate surface area is 118 Å². The molecule has 0 bridgehead atoms. The first-order valence-electron chi connectivity index (χ1n) is 6.46. The van der Waals surface area contributed by atoms with E-state index in [1.165, 1.54) is 16.0 Å². The van der Waals surface area contributed by atoms with Crippen LogP contribution in [0.1, 0.15) is 23.9 Å². The van der Waals surface area contributed by atoms with Crippen LogP contribution in [0.15, 0.2) is 28.3 Å². The zero-order valence-electron chi connectivity index (χ0n) is 11.9. The summed E-state index contributed by atoms with van der Waals surface area (Å²) in [5, 5.41) is 12.5. The predicted molar refractivity (Wildman–Crippen MR) is 78.4 cm³/mol.